The first-order chi connectivity index (χ1) is 3.72. The van der Waals surface area contributed by atoms with Crippen LogP contribution in [0.15, 0.2) is 0 Å². The number of hydrogen-bond acceptors (Lipinski definition) is 4. The van der Waals surface area contributed by atoms with Gasteiger partial charge in [-0.05, 0) is 0 Å². The van der Waals surface area contributed by atoms with Crippen LogP contribution in [0.5, 0.6) is 0 Å². The largest absolute Gasteiger partial charge is 0.466 e. The molecule has 1 N–H and O–H groups in total. The van der Waals surface area contributed by atoms with Crippen LogP contribution in [0.3, 0.4) is 0 Å². The molecule has 44 valence electrons. The average molecular weight is 115 g/mol. The zero-order chi connectivity index (χ0) is 6.57. The number of methoxy groups -OCH3 is 1. The number of aliphatic hydroxyl groups excluding tert-OH is 1. The third-order valence-corrected chi connectivity index (χ3v) is 0.547. The van der Waals surface area contributed by atoms with Gasteiger partial charge in [0.25, 0.3) is 0 Å². The SMILES string of the molecule is COC(=O)[C@H](O)C#N. The highest BCUT2D eigenvalue weighted by molar-refractivity contribution is 5.77. The third kappa shape index (κ3) is 1.58. The van der Waals surface area contributed by atoms with E-state index >= 15 is 0 Å². The van der Waals surface area contributed by atoms with E-state index in [4.69, 9.17) is 10.4 Å². The van der Waals surface area contributed by atoms with Crippen LogP contribution in [0.1, 0.15) is 0 Å². The van der Waals surface area contributed by atoms with E-state index in [0.717, 1.165) is 7.11 Å². The van der Waals surface area contributed by atoms with E-state index in [1.807, 2.05) is 0 Å². The maximum absolute atomic E-state index is 10.0. The number of hydrogen-bond donors (Lipinski definition) is 1. The van der Waals surface area contributed by atoms with Crippen LogP contribution in [0, 0.1) is 11.3 Å². The van der Waals surface area contributed by atoms with Crippen LogP contribution in [-0.2, 0) is 9.53 Å². The molecule has 0 unspecified atom stereocenters. The van der Waals surface area contributed by atoms with Gasteiger partial charge in [-0.3, -0.25) is 0 Å². The summed E-state index contributed by atoms with van der Waals surface area (Å²) in [4.78, 5) is 10.0. The summed E-state index contributed by atoms with van der Waals surface area (Å²) >= 11 is 0. The Bertz CT molecular complexity index is 126. The van der Waals surface area contributed by atoms with Gasteiger partial charge >= 0.3 is 5.97 Å². The van der Waals surface area contributed by atoms with Crippen LogP contribution < -0.4 is 0 Å². The number of esters is 1. The van der Waals surface area contributed by atoms with Crippen molar-refractivity contribution in [1.29, 1.82) is 5.26 Å². The normalized spacial score (nSPS) is 11.6. The van der Waals surface area contributed by atoms with Crippen LogP contribution in [-0.4, -0.2) is 24.3 Å². The molecule has 0 saturated heterocycles. The highest BCUT2D eigenvalue weighted by Crippen LogP contribution is 1.81. The van der Waals surface area contributed by atoms with E-state index in [-0.39, 0.29) is 0 Å². The second-order valence-corrected chi connectivity index (χ2v) is 1.05. The van der Waals surface area contributed by atoms with Gasteiger partial charge < -0.3 is 9.84 Å². The van der Waals surface area contributed by atoms with E-state index in [1.165, 1.54) is 6.07 Å². The van der Waals surface area contributed by atoms with Gasteiger partial charge in [0.05, 0.1) is 7.11 Å². The molecule has 0 radical (unpaired) electrons. The number of carbonyl (C=O) groups excluding carboxylic acids is 1. The van der Waals surface area contributed by atoms with Crippen molar-refractivity contribution in [3.05, 3.63) is 0 Å². The molecule has 0 heterocycles. The Hall–Kier alpha value is -1.08. The molecule has 0 spiro atoms. The maximum Gasteiger partial charge on any atom is 0.349 e. The Morgan fingerprint density at radius 1 is 2.00 bits per heavy atom. The lowest BCUT2D eigenvalue weighted by Gasteiger charge is -1.94. The number of nitrogens with zero attached hydrogens (tertiary/aromatic N) is 1. The summed E-state index contributed by atoms with van der Waals surface area (Å²) in [5, 5.41) is 16.1. The first kappa shape index (κ1) is 6.92. The summed E-state index contributed by atoms with van der Waals surface area (Å²) in [6, 6.07) is 1.30. The number of nitriles is 1. The molecule has 4 heteroatoms. The molecule has 0 aromatic heterocycles. The molecule has 8 heavy (non-hydrogen) atoms. The Labute approximate surface area is 46.3 Å². The van der Waals surface area contributed by atoms with Crippen molar-refractivity contribution in [2.45, 2.75) is 6.10 Å². The second-order valence-electron chi connectivity index (χ2n) is 1.05. The molecular formula is C4H5NO3. The molecule has 0 aliphatic heterocycles. The molecule has 0 rings (SSSR count). The maximum atomic E-state index is 10.0. The lowest BCUT2D eigenvalue weighted by atomic mass is 10.4. The number of ether oxygens (including phenoxy) is 1. The van der Waals surface area contributed by atoms with Gasteiger partial charge in [0.1, 0.15) is 6.07 Å². The van der Waals surface area contributed by atoms with E-state index < -0.39 is 12.1 Å². The predicted molar refractivity (Wildman–Crippen MR) is 23.6 cm³/mol. The summed E-state index contributed by atoms with van der Waals surface area (Å²) < 4.78 is 3.99. The molecule has 0 amide bonds. The highest BCUT2D eigenvalue weighted by atomic mass is 16.5. The van der Waals surface area contributed by atoms with Crippen molar-refractivity contribution in [2.75, 3.05) is 7.11 Å². The molecule has 0 aliphatic rings. The van der Waals surface area contributed by atoms with Gasteiger partial charge in [0.15, 0.2) is 0 Å². The van der Waals surface area contributed by atoms with Crippen molar-refractivity contribution >= 4 is 5.97 Å². The monoisotopic (exact) mass is 115 g/mol. The highest BCUT2D eigenvalue weighted by Gasteiger charge is 2.11. The summed E-state index contributed by atoms with van der Waals surface area (Å²) in [7, 11) is 1.10. The minimum absolute atomic E-state index is 0.924. The fraction of sp³-hybridized carbons (Fsp3) is 0.500. The van der Waals surface area contributed by atoms with Crippen molar-refractivity contribution in [3.63, 3.8) is 0 Å². The summed E-state index contributed by atoms with van der Waals surface area (Å²) in [6.45, 7) is 0. The van der Waals surface area contributed by atoms with Gasteiger partial charge in [0.2, 0.25) is 6.10 Å². The molecule has 0 fully saturated rings. The Kier molecular flexibility index (Phi) is 2.59. The number of rotatable bonds is 1. The molecule has 4 nitrogen and oxygen atoms in total. The van der Waals surface area contributed by atoms with Crippen molar-refractivity contribution in [1.82, 2.24) is 0 Å². The van der Waals surface area contributed by atoms with E-state index in [2.05, 4.69) is 4.74 Å². The Morgan fingerprint density at radius 2 is 2.50 bits per heavy atom. The zero-order valence-corrected chi connectivity index (χ0v) is 4.29. The van der Waals surface area contributed by atoms with Gasteiger partial charge in [-0.2, -0.15) is 5.26 Å². The molecular weight excluding hydrogens is 110 g/mol. The predicted octanol–water partition coefficient (Wildman–Crippen LogP) is -0.956. The van der Waals surface area contributed by atoms with Crippen molar-refractivity contribution < 1.29 is 14.6 Å². The second kappa shape index (κ2) is 2.99. The van der Waals surface area contributed by atoms with Gasteiger partial charge in [-0.1, -0.05) is 0 Å². The van der Waals surface area contributed by atoms with Crippen molar-refractivity contribution in [2.24, 2.45) is 0 Å². The zero-order valence-electron chi connectivity index (χ0n) is 4.29. The van der Waals surface area contributed by atoms with Crippen LogP contribution in [0.25, 0.3) is 0 Å². The van der Waals surface area contributed by atoms with Gasteiger partial charge in [-0.25, -0.2) is 4.79 Å². The average Bonchev–Trinajstić information content (AvgIpc) is 1.84. The minimum atomic E-state index is -1.64. The number of carbonyl (C=O) groups is 1. The lowest BCUT2D eigenvalue weighted by molar-refractivity contribution is -0.147. The summed E-state index contributed by atoms with van der Waals surface area (Å²) in [5.74, 6) is -0.924. The summed E-state index contributed by atoms with van der Waals surface area (Å²) in [6.07, 6.45) is -1.64. The first-order valence-corrected chi connectivity index (χ1v) is 1.88. The van der Waals surface area contributed by atoms with Crippen LogP contribution >= 0.6 is 0 Å². The molecule has 0 aromatic rings. The molecule has 1 atom stereocenters. The van der Waals surface area contributed by atoms with Gasteiger partial charge in [0, 0.05) is 0 Å². The van der Waals surface area contributed by atoms with Crippen LogP contribution in [0.2, 0.25) is 0 Å². The Balaban J connectivity index is 3.68. The molecule has 0 aliphatic carbocycles. The third-order valence-electron chi connectivity index (χ3n) is 0.547. The van der Waals surface area contributed by atoms with E-state index in [0.29, 0.717) is 0 Å². The number of aliphatic hydroxyl groups is 1. The Morgan fingerprint density at radius 3 is 2.62 bits per heavy atom. The molecule has 0 aromatic carbocycles. The van der Waals surface area contributed by atoms with Crippen molar-refractivity contribution in [3.8, 4) is 6.07 Å². The topological polar surface area (TPSA) is 70.3 Å². The smallest absolute Gasteiger partial charge is 0.349 e. The quantitative estimate of drug-likeness (QED) is 0.353. The lowest BCUT2D eigenvalue weighted by Crippen LogP contribution is -2.18. The fourth-order valence-electron chi connectivity index (χ4n) is 0.164. The van der Waals surface area contributed by atoms with E-state index in [9.17, 15) is 4.79 Å². The standard InChI is InChI=1S/C4H5NO3/c1-8-4(7)3(6)2-5/h3,6H,1H3/t3-/m1/s1. The van der Waals surface area contributed by atoms with E-state index in [1.54, 1.807) is 0 Å². The fourth-order valence-corrected chi connectivity index (χ4v) is 0.164. The first-order valence-electron chi connectivity index (χ1n) is 1.88. The van der Waals surface area contributed by atoms with Gasteiger partial charge in [-0.15, -0.1) is 0 Å². The molecule has 0 saturated carbocycles. The van der Waals surface area contributed by atoms with Crippen LogP contribution in [0.4, 0.5) is 0 Å². The molecule has 0 bridgehead atoms. The minimum Gasteiger partial charge on any atom is -0.466 e. The summed E-state index contributed by atoms with van der Waals surface area (Å²) in [5.41, 5.74) is 0.